The van der Waals surface area contributed by atoms with Gasteiger partial charge in [-0.2, -0.15) is 5.10 Å². The summed E-state index contributed by atoms with van der Waals surface area (Å²) in [6, 6.07) is 1.72. The number of aryl methyl sites for hydroxylation is 1. The fourth-order valence-electron chi connectivity index (χ4n) is 1.48. The number of rotatable bonds is 3. The van der Waals surface area contributed by atoms with Crippen molar-refractivity contribution in [3.63, 3.8) is 0 Å². The van der Waals surface area contributed by atoms with Gasteiger partial charge in [0, 0.05) is 20.3 Å². The summed E-state index contributed by atoms with van der Waals surface area (Å²) in [7, 11) is 3.33. The number of likely N-dealkylation sites (N-methyl/N-ethyl adjacent to an activating group) is 1. The van der Waals surface area contributed by atoms with Gasteiger partial charge < -0.3 is 14.7 Å². The highest BCUT2D eigenvalue weighted by Gasteiger charge is 2.22. The third kappa shape index (κ3) is 4.03. The van der Waals surface area contributed by atoms with E-state index < -0.39 is 17.8 Å². The fraction of sp³-hybridized carbons (Fsp3) is 0.667. The van der Waals surface area contributed by atoms with Crippen LogP contribution >= 0.6 is 0 Å². The molecule has 0 aromatic carbocycles. The van der Waals surface area contributed by atoms with Crippen molar-refractivity contribution in [1.29, 1.82) is 0 Å². The van der Waals surface area contributed by atoms with E-state index in [1.165, 1.54) is 4.90 Å². The van der Waals surface area contributed by atoms with Crippen LogP contribution in [0.2, 0.25) is 0 Å². The summed E-state index contributed by atoms with van der Waals surface area (Å²) >= 11 is 0. The molecule has 1 heterocycles. The minimum Gasteiger partial charge on any atom is -0.444 e. The molecule has 0 aliphatic heterocycles. The Bertz CT molecular complexity index is 409. The van der Waals surface area contributed by atoms with Gasteiger partial charge in [-0.25, -0.2) is 4.79 Å². The molecule has 0 fully saturated rings. The van der Waals surface area contributed by atoms with E-state index in [0.717, 1.165) is 0 Å². The molecule has 1 aromatic heterocycles. The minimum absolute atomic E-state index is 0.161. The molecule has 0 radical (unpaired) electrons. The zero-order valence-electron chi connectivity index (χ0n) is 11.5. The van der Waals surface area contributed by atoms with E-state index in [4.69, 9.17) is 4.74 Å². The number of carbonyl (C=O) groups excluding carboxylic acids is 1. The van der Waals surface area contributed by atoms with Crippen molar-refractivity contribution in [3.8, 4) is 0 Å². The summed E-state index contributed by atoms with van der Waals surface area (Å²) in [5.41, 5.74) is 0.119. The van der Waals surface area contributed by atoms with Crippen LogP contribution in [-0.4, -0.2) is 45.1 Å². The number of amides is 1. The van der Waals surface area contributed by atoms with Gasteiger partial charge in [0.1, 0.15) is 11.7 Å². The van der Waals surface area contributed by atoms with E-state index in [1.807, 2.05) is 0 Å². The van der Waals surface area contributed by atoms with E-state index in [9.17, 15) is 9.90 Å². The number of aromatic nitrogens is 2. The minimum atomic E-state index is -0.782. The Labute approximate surface area is 107 Å². The molecule has 6 nitrogen and oxygen atoms in total. The molecule has 1 aromatic rings. The molecule has 0 aliphatic carbocycles. The van der Waals surface area contributed by atoms with Crippen molar-refractivity contribution >= 4 is 6.09 Å². The van der Waals surface area contributed by atoms with Crippen LogP contribution in [0.25, 0.3) is 0 Å². The molecular weight excluding hydrogens is 234 g/mol. The van der Waals surface area contributed by atoms with Gasteiger partial charge in [-0.1, -0.05) is 0 Å². The van der Waals surface area contributed by atoms with Gasteiger partial charge in [-0.15, -0.1) is 0 Å². The second-order valence-electron chi connectivity index (χ2n) is 5.26. The zero-order chi connectivity index (χ0) is 13.9. The van der Waals surface area contributed by atoms with Crippen LogP contribution in [-0.2, 0) is 11.8 Å². The maximum absolute atomic E-state index is 11.7. The van der Waals surface area contributed by atoms with Crippen molar-refractivity contribution in [2.75, 3.05) is 13.6 Å². The molecular formula is C12H21N3O3. The molecule has 1 amide bonds. The van der Waals surface area contributed by atoms with Crippen molar-refractivity contribution in [2.24, 2.45) is 7.05 Å². The first-order chi connectivity index (χ1) is 8.20. The molecule has 1 unspecified atom stereocenters. The summed E-state index contributed by atoms with van der Waals surface area (Å²) in [5.74, 6) is 0. The lowest BCUT2D eigenvalue weighted by atomic mass is 10.2. The van der Waals surface area contributed by atoms with Gasteiger partial charge in [0.15, 0.2) is 0 Å². The Hall–Kier alpha value is -1.56. The van der Waals surface area contributed by atoms with Gasteiger partial charge in [-0.05, 0) is 26.8 Å². The third-order valence-electron chi connectivity index (χ3n) is 2.35. The molecule has 6 heteroatoms. The SMILES string of the molecule is CN(CC(O)c1ccnn1C)C(=O)OC(C)(C)C. The lowest BCUT2D eigenvalue weighted by Gasteiger charge is -2.26. The summed E-state index contributed by atoms with van der Waals surface area (Å²) < 4.78 is 6.78. The number of aliphatic hydroxyl groups is 1. The summed E-state index contributed by atoms with van der Waals surface area (Å²) in [6.07, 6.45) is 0.366. The standard InChI is InChI=1S/C12H21N3O3/c1-12(2,3)18-11(17)14(4)8-10(16)9-6-7-13-15(9)5/h6-7,10,16H,8H2,1-5H3. The molecule has 0 aliphatic rings. The topological polar surface area (TPSA) is 67.6 Å². The van der Waals surface area contributed by atoms with Gasteiger partial charge in [0.05, 0.1) is 12.2 Å². The second-order valence-corrected chi connectivity index (χ2v) is 5.26. The number of hydrogen-bond donors (Lipinski definition) is 1. The van der Waals surface area contributed by atoms with Gasteiger partial charge in [0.25, 0.3) is 0 Å². The van der Waals surface area contributed by atoms with E-state index in [2.05, 4.69) is 5.10 Å². The fourth-order valence-corrected chi connectivity index (χ4v) is 1.48. The highest BCUT2D eigenvalue weighted by Crippen LogP contribution is 2.14. The smallest absolute Gasteiger partial charge is 0.410 e. The average molecular weight is 255 g/mol. The van der Waals surface area contributed by atoms with Gasteiger partial charge >= 0.3 is 6.09 Å². The number of hydrogen-bond acceptors (Lipinski definition) is 4. The summed E-state index contributed by atoms with van der Waals surface area (Å²) in [6.45, 7) is 5.57. The Morgan fingerprint density at radius 3 is 2.67 bits per heavy atom. The molecule has 0 spiro atoms. The monoisotopic (exact) mass is 255 g/mol. The quantitative estimate of drug-likeness (QED) is 0.884. The van der Waals surface area contributed by atoms with Gasteiger partial charge in [0.2, 0.25) is 0 Å². The third-order valence-corrected chi connectivity index (χ3v) is 2.35. The molecule has 1 N–H and O–H groups in total. The van der Waals surface area contributed by atoms with Crippen LogP contribution in [0.4, 0.5) is 4.79 Å². The maximum Gasteiger partial charge on any atom is 0.410 e. The molecule has 102 valence electrons. The highest BCUT2D eigenvalue weighted by molar-refractivity contribution is 5.67. The molecule has 0 saturated heterocycles. The lowest BCUT2D eigenvalue weighted by Crippen LogP contribution is -2.36. The van der Waals surface area contributed by atoms with Crippen LogP contribution in [0.1, 0.15) is 32.6 Å². The van der Waals surface area contributed by atoms with Crippen LogP contribution in [0.15, 0.2) is 12.3 Å². The number of aliphatic hydroxyl groups excluding tert-OH is 1. The van der Waals surface area contributed by atoms with Crippen LogP contribution in [0.5, 0.6) is 0 Å². The van der Waals surface area contributed by atoms with Crippen LogP contribution in [0.3, 0.4) is 0 Å². The zero-order valence-corrected chi connectivity index (χ0v) is 11.5. The molecule has 0 bridgehead atoms. The molecule has 1 atom stereocenters. The van der Waals surface area contributed by atoms with Crippen LogP contribution in [0, 0.1) is 0 Å². The highest BCUT2D eigenvalue weighted by atomic mass is 16.6. The summed E-state index contributed by atoms with van der Waals surface area (Å²) in [4.78, 5) is 13.1. The van der Waals surface area contributed by atoms with E-state index in [0.29, 0.717) is 5.69 Å². The Morgan fingerprint density at radius 1 is 1.61 bits per heavy atom. The Balaban J connectivity index is 2.57. The van der Waals surface area contributed by atoms with E-state index in [-0.39, 0.29) is 6.54 Å². The number of carbonyl (C=O) groups is 1. The maximum atomic E-state index is 11.7. The van der Waals surface area contributed by atoms with Crippen molar-refractivity contribution in [2.45, 2.75) is 32.5 Å². The normalized spacial score (nSPS) is 13.2. The second kappa shape index (κ2) is 5.39. The van der Waals surface area contributed by atoms with Crippen LogP contribution < -0.4 is 0 Å². The van der Waals surface area contributed by atoms with Crippen molar-refractivity contribution < 1.29 is 14.6 Å². The predicted octanol–water partition coefficient (Wildman–Crippen LogP) is 1.32. The van der Waals surface area contributed by atoms with Gasteiger partial charge in [-0.3, -0.25) is 4.68 Å². The lowest BCUT2D eigenvalue weighted by molar-refractivity contribution is 0.0198. The molecule has 18 heavy (non-hydrogen) atoms. The number of ether oxygens (including phenoxy) is 1. The predicted molar refractivity (Wildman–Crippen MR) is 67.0 cm³/mol. The largest absolute Gasteiger partial charge is 0.444 e. The number of nitrogens with zero attached hydrogens (tertiary/aromatic N) is 3. The Kier molecular flexibility index (Phi) is 4.34. The Morgan fingerprint density at radius 2 is 2.22 bits per heavy atom. The first kappa shape index (κ1) is 14.5. The van der Waals surface area contributed by atoms with Crippen molar-refractivity contribution in [3.05, 3.63) is 18.0 Å². The van der Waals surface area contributed by atoms with E-state index in [1.54, 1.807) is 51.8 Å². The van der Waals surface area contributed by atoms with E-state index >= 15 is 0 Å². The first-order valence-corrected chi connectivity index (χ1v) is 5.81. The summed E-state index contributed by atoms with van der Waals surface area (Å²) in [5, 5.41) is 14.0. The van der Waals surface area contributed by atoms with Crippen molar-refractivity contribution in [1.82, 2.24) is 14.7 Å². The molecule has 1 rings (SSSR count). The first-order valence-electron chi connectivity index (χ1n) is 5.81. The average Bonchev–Trinajstić information content (AvgIpc) is 2.61. The molecule has 0 saturated carbocycles.